The highest BCUT2D eigenvalue weighted by molar-refractivity contribution is 7.90. The smallest absolute Gasteiger partial charge is 0.236 e. The summed E-state index contributed by atoms with van der Waals surface area (Å²) in [4.78, 5) is 4.60. The molecule has 2 aromatic carbocycles. The average molecular weight is 366 g/mol. The molecule has 0 saturated heterocycles. The fourth-order valence-corrected chi connectivity index (χ4v) is 5.20. The van der Waals surface area contributed by atoms with E-state index in [1.165, 1.54) is 3.97 Å². The van der Waals surface area contributed by atoms with Crippen molar-refractivity contribution in [3.05, 3.63) is 71.8 Å². The van der Waals surface area contributed by atoms with Crippen molar-refractivity contribution in [1.82, 2.24) is 18.7 Å². The van der Waals surface area contributed by atoms with Gasteiger partial charge in [0.25, 0.3) is 10.0 Å². The number of hydrogen-bond acceptors (Lipinski definition) is 4. The van der Waals surface area contributed by atoms with Gasteiger partial charge in [-0.05, 0) is 45.0 Å². The van der Waals surface area contributed by atoms with Crippen LogP contribution in [0.5, 0.6) is 0 Å². The molecule has 7 heteroatoms. The van der Waals surface area contributed by atoms with Gasteiger partial charge in [0.2, 0.25) is 0 Å². The number of nitrogens with zero attached hydrogens (tertiary/aromatic N) is 4. The Balaban J connectivity index is 1.98. The van der Waals surface area contributed by atoms with Crippen molar-refractivity contribution in [2.75, 3.05) is 0 Å². The zero-order valence-corrected chi connectivity index (χ0v) is 15.5. The van der Waals surface area contributed by atoms with Crippen LogP contribution in [0.3, 0.4) is 0 Å². The molecule has 0 atom stereocenters. The van der Waals surface area contributed by atoms with E-state index >= 15 is 0 Å². The second-order valence-electron chi connectivity index (χ2n) is 6.16. The Labute approximate surface area is 151 Å². The highest BCUT2D eigenvalue weighted by Crippen LogP contribution is 2.28. The number of hydrogen-bond donors (Lipinski definition) is 0. The monoisotopic (exact) mass is 366 g/mol. The van der Waals surface area contributed by atoms with E-state index in [2.05, 4.69) is 10.1 Å². The van der Waals surface area contributed by atoms with Crippen LogP contribution in [-0.2, 0) is 10.0 Å². The van der Waals surface area contributed by atoms with Crippen LogP contribution in [-0.4, -0.2) is 27.2 Å². The molecule has 0 fully saturated rings. The first-order chi connectivity index (χ1) is 12.4. The van der Waals surface area contributed by atoms with Crippen molar-refractivity contribution in [1.29, 1.82) is 0 Å². The molecule has 26 heavy (non-hydrogen) atoms. The third-order valence-electron chi connectivity index (χ3n) is 4.40. The zero-order valence-electron chi connectivity index (χ0n) is 14.7. The van der Waals surface area contributed by atoms with Crippen molar-refractivity contribution in [2.24, 2.45) is 0 Å². The highest BCUT2D eigenvalue weighted by Gasteiger charge is 2.29. The predicted molar refractivity (Wildman–Crippen MR) is 100 cm³/mol. The van der Waals surface area contributed by atoms with Crippen LogP contribution in [0.15, 0.2) is 59.5 Å². The lowest BCUT2D eigenvalue weighted by molar-refractivity contribution is 0.586. The van der Waals surface area contributed by atoms with Crippen molar-refractivity contribution in [2.45, 2.75) is 25.7 Å². The number of para-hydroxylation sites is 3. The number of fused-ring (bicyclic) bond motifs is 1. The molecule has 0 aliphatic heterocycles. The normalized spacial score (nSPS) is 12.0. The van der Waals surface area contributed by atoms with Crippen molar-refractivity contribution >= 4 is 21.1 Å². The summed E-state index contributed by atoms with van der Waals surface area (Å²) in [5.41, 5.74) is 3.08. The Bertz CT molecular complexity index is 1220. The molecule has 0 amide bonds. The van der Waals surface area contributed by atoms with Crippen molar-refractivity contribution in [3.8, 4) is 5.69 Å². The van der Waals surface area contributed by atoms with E-state index in [0.717, 1.165) is 5.69 Å². The largest absolute Gasteiger partial charge is 0.273 e. The van der Waals surface area contributed by atoms with Gasteiger partial charge in [-0.25, -0.2) is 22.1 Å². The highest BCUT2D eigenvalue weighted by atomic mass is 32.2. The molecule has 4 rings (SSSR count). The molecule has 132 valence electrons. The molecule has 2 aromatic heterocycles. The van der Waals surface area contributed by atoms with Crippen LogP contribution >= 0.6 is 0 Å². The molecule has 4 aromatic rings. The predicted octanol–water partition coefficient (Wildman–Crippen LogP) is 3.38. The second-order valence-corrected chi connectivity index (χ2v) is 7.89. The molecule has 0 N–H and O–H groups in total. The lowest BCUT2D eigenvalue weighted by Crippen LogP contribution is -2.16. The number of rotatable bonds is 3. The Morgan fingerprint density at radius 1 is 0.885 bits per heavy atom. The maximum atomic E-state index is 13.5. The van der Waals surface area contributed by atoms with Crippen LogP contribution < -0.4 is 0 Å². The van der Waals surface area contributed by atoms with E-state index in [4.69, 9.17) is 0 Å². The number of aromatic nitrogens is 4. The molecule has 0 aliphatic rings. The van der Waals surface area contributed by atoms with Gasteiger partial charge in [0.15, 0.2) is 0 Å². The summed E-state index contributed by atoms with van der Waals surface area (Å²) in [7, 11) is -3.83. The molecule has 0 saturated carbocycles. The molecular formula is C19H18N4O2S. The fourth-order valence-electron chi connectivity index (χ4n) is 3.34. The summed E-state index contributed by atoms with van der Waals surface area (Å²) in [5.74, 6) is 0.428. The molecule has 0 radical (unpaired) electrons. The van der Waals surface area contributed by atoms with Gasteiger partial charge in [0.05, 0.1) is 28.1 Å². The van der Waals surface area contributed by atoms with Crippen LogP contribution in [0.2, 0.25) is 0 Å². The van der Waals surface area contributed by atoms with Gasteiger partial charge in [-0.15, -0.1) is 0 Å². The minimum atomic E-state index is -3.83. The lowest BCUT2D eigenvalue weighted by Gasteiger charge is -2.10. The zero-order chi connectivity index (χ0) is 18.5. The Morgan fingerprint density at radius 2 is 1.54 bits per heavy atom. The van der Waals surface area contributed by atoms with Crippen LogP contribution in [0.25, 0.3) is 16.7 Å². The van der Waals surface area contributed by atoms with Gasteiger partial charge in [-0.3, -0.25) is 0 Å². The maximum Gasteiger partial charge on any atom is 0.273 e. The molecule has 0 aliphatic carbocycles. The second kappa shape index (κ2) is 5.81. The van der Waals surface area contributed by atoms with E-state index in [1.54, 1.807) is 31.5 Å². The van der Waals surface area contributed by atoms with E-state index in [0.29, 0.717) is 28.2 Å². The standard InChI is InChI=1S/C19H18N4O2S/c1-13-19(14(2)22(21-13)16-9-5-4-6-10-16)26(24,25)23-15(3)20-17-11-7-8-12-18(17)23/h4-12H,1-3H3. The first-order valence-corrected chi connectivity index (χ1v) is 9.66. The van der Waals surface area contributed by atoms with E-state index < -0.39 is 10.0 Å². The summed E-state index contributed by atoms with van der Waals surface area (Å²) in [6.45, 7) is 5.19. The molecule has 6 nitrogen and oxygen atoms in total. The van der Waals surface area contributed by atoms with E-state index in [1.807, 2.05) is 48.5 Å². The third kappa shape index (κ3) is 2.35. The summed E-state index contributed by atoms with van der Waals surface area (Å²) >= 11 is 0. The Hall–Kier alpha value is -2.93. The quantitative estimate of drug-likeness (QED) is 0.557. The summed E-state index contributed by atoms with van der Waals surface area (Å²) in [6, 6.07) is 16.7. The summed E-state index contributed by atoms with van der Waals surface area (Å²) < 4.78 is 29.9. The van der Waals surface area contributed by atoms with Crippen LogP contribution in [0, 0.1) is 20.8 Å². The summed E-state index contributed by atoms with van der Waals surface area (Å²) in [5, 5.41) is 4.47. The van der Waals surface area contributed by atoms with Gasteiger partial charge >= 0.3 is 0 Å². The Kier molecular flexibility index (Phi) is 3.69. The topological polar surface area (TPSA) is 69.8 Å². The molecule has 0 spiro atoms. The number of aryl methyl sites for hydroxylation is 2. The van der Waals surface area contributed by atoms with Gasteiger partial charge in [0, 0.05) is 0 Å². The number of imidazole rings is 1. The molecular weight excluding hydrogens is 348 g/mol. The van der Waals surface area contributed by atoms with E-state index in [9.17, 15) is 8.42 Å². The van der Waals surface area contributed by atoms with Gasteiger partial charge in [-0.1, -0.05) is 30.3 Å². The fraction of sp³-hybridized carbons (Fsp3) is 0.158. The van der Waals surface area contributed by atoms with Crippen LogP contribution in [0.1, 0.15) is 17.2 Å². The Morgan fingerprint density at radius 3 is 2.27 bits per heavy atom. The van der Waals surface area contributed by atoms with Crippen molar-refractivity contribution in [3.63, 3.8) is 0 Å². The van der Waals surface area contributed by atoms with Crippen LogP contribution in [0.4, 0.5) is 0 Å². The number of benzene rings is 2. The summed E-state index contributed by atoms with van der Waals surface area (Å²) in [6.07, 6.45) is 0. The van der Waals surface area contributed by atoms with E-state index in [-0.39, 0.29) is 4.90 Å². The van der Waals surface area contributed by atoms with Gasteiger partial charge in [-0.2, -0.15) is 5.10 Å². The third-order valence-corrected chi connectivity index (χ3v) is 6.45. The minimum Gasteiger partial charge on any atom is -0.236 e. The van der Waals surface area contributed by atoms with Gasteiger partial charge in [0.1, 0.15) is 10.7 Å². The maximum absolute atomic E-state index is 13.5. The van der Waals surface area contributed by atoms with Gasteiger partial charge < -0.3 is 0 Å². The first-order valence-electron chi connectivity index (χ1n) is 8.22. The average Bonchev–Trinajstić information content (AvgIpc) is 3.11. The van der Waals surface area contributed by atoms with Crippen molar-refractivity contribution < 1.29 is 8.42 Å². The SMILES string of the molecule is Cc1nn(-c2ccccc2)c(C)c1S(=O)(=O)n1c(C)nc2ccccc21. The molecule has 0 unspecified atom stereocenters. The molecule has 2 heterocycles. The molecule has 0 bridgehead atoms. The first kappa shape index (κ1) is 16.5. The minimum absolute atomic E-state index is 0.215. The lowest BCUT2D eigenvalue weighted by atomic mass is 10.3.